The number of fused-ring (bicyclic) bond motifs is 3. The van der Waals surface area contributed by atoms with Gasteiger partial charge in [0.15, 0.2) is 5.79 Å². The van der Waals surface area contributed by atoms with Crippen molar-refractivity contribution in [2.24, 2.45) is 0 Å². The second-order valence-electron chi connectivity index (χ2n) is 8.64. The van der Waals surface area contributed by atoms with Gasteiger partial charge in [-0.05, 0) is 26.7 Å². The fourth-order valence-electron chi connectivity index (χ4n) is 4.47. The molecule has 4 aliphatic rings. The Morgan fingerprint density at radius 1 is 1.07 bits per heavy atom. The summed E-state index contributed by atoms with van der Waals surface area (Å²) in [7, 11) is -8.28. The van der Waals surface area contributed by atoms with Crippen LogP contribution in [0.5, 0.6) is 0 Å². The molecule has 4 atom stereocenters. The minimum absolute atomic E-state index is 0.181. The Balaban J connectivity index is 1.45. The maximum atomic E-state index is 12.6. The van der Waals surface area contributed by atoms with Crippen molar-refractivity contribution in [1.82, 2.24) is 4.72 Å². The van der Waals surface area contributed by atoms with Gasteiger partial charge in [-0.25, -0.2) is 8.37 Å². The smallest absolute Gasteiger partial charge is 0.343 e. The van der Waals surface area contributed by atoms with Crippen molar-refractivity contribution in [2.75, 3.05) is 13.2 Å². The van der Waals surface area contributed by atoms with Gasteiger partial charge in [-0.2, -0.15) is 21.6 Å². The van der Waals surface area contributed by atoms with Crippen LogP contribution in [-0.2, 0) is 47.5 Å². The van der Waals surface area contributed by atoms with Gasteiger partial charge in [0.25, 0.3) is 0 Å². The Hall–Kier alpha value is -0.380. The van der Waals surface area contributed by atoms with E-state index >= 15 is 0 Å². The maximum Gasteiger partial charge on any atom is 0.400 e. The molecule has 30 heavy (non-hydrogen) atoms. The zero-order chi connectivity index (χ0) is 21.6. The molecule has 3 heterocycles. The zero-order valence-electron chi connectivity index (χ0n) is 17.1. The summed E-state index contributed by atoms with van der Waals surface area (Å²) >= 11 is 0. The van der Waals surface area contributed by atoms with Gasteiger partial charge in [0.05, 0.1) is 6.61 Å². The molecule has 0 bridgehead atoms. The van der Waals surface area contributed by atoms with Crippen LogP contribution in [0.3, 0.4) is 0 Å². The van der Waals surface area contributed by atoms with Gasteiger partial charge in [-0.15, -0.1) is 0 Å². The van der Waals surface area contributed by atoms with Crippen molar-refractivity contribution >= 4 is 20.7 Å². The molecular weight excluding hydrogens is 442 g/mol. The minimum atomic E-state index is -4.19. The van der Waals surface area contributed by atoms with E-state index in [-0.39, 0.29) is 12.6 Å². The third-order valence-corrected chi connectivity index (χ3v) is 7.71. The molecule has 0 unspecified atom stereocenters. The Morgan fingerprint density at radius 2 is 1.73 bits per heavy atom. The molecule has 0 aromatic carbocycles. The molecule has 3 saturated heterocycles. The lowest BCUT2D eigenvalue weighted by atomic mass is 9.97. The van der Waals surface area contributed by atoms with E-state index in [1.165, 1.54) is 6.42 Å². The van der Waals surface area contributed by atoms with E-state index in [0.29, 0.717) is 0 Å². The van der Waals surface area contributed by atoms with Crippen LogP contribution in [0.1, 0.15) is 58.8 Å². The molecule has 174 valence electrons. The highest BCUT2D eigenvalue weighted by molar-refractivity contribution is 7.84. The monoisotopic (exact) mass is 471 g/mol. The average Bonchev–Trinajstić information content (AvgIpc) is 3.07. The summed E-state index contributed by atoms with van der Waals surface area (Å²) < 4.78 is 83.6. The molecule has 0 aromatic heterocycles. The van der Waals surface area contributed by atoms with Gasteiger partial charge in [-0.3, -0.25) is 4.18 Å². The van der Waals surface area contributed by atoms with E-state index in [2.05, 4.69) is 4.72 Å². The average molecular weight is 472 g/mol. The summed E-state index contributed by atoms with van der Waals surface area (Å²) in [5.41, 5.74) is 0. The predicted molar refractivity (Wildman–Crippen MR) is 102 cm³/mol. The lowest BCUT2D eigenvalue weighted by Crippen LogP contribution is -2.60. The van der Waals surface area contributed by atoms with Crippen LogP contribution in [0.15, 0.2) is 0 Å². The molecule has 4 rings (SSSR count). The Morgan fingerprint density at radius 3 is 2.43 bits per heavy atom. The topological polar surface area (TPSA) is 136 Å². The van der Waals surface area contributed by atoms with Gasteiger partial charge in [0.1, 0.15) is 24.9 Å². The van der Waals surface area contributed by atoms with Crippen LogP contribution in [0, 0.1) is 0 Å². The zero-order valence-corrected chi connectivity index (χ0v) is 18.7. The van der Waals surface area contributed by atoms with Crippen molar-refractivity contribution in [3.8, 4) is 0 Å². The summed E-state index contributed by atoms with van der Waals surface area (Å²) in [5.74, 6) is -2.82. The van der Waals surface area contributed by atoms with Crippen LogP contribution < -0.4 is 4.72 Å². The summed E-state index contributed by atoms with van der Waals surface area (Å²) in [6.45, 7) is 2.52. The second-order valence-corrected chi connectivity index (χ2v) is 11.2. The second kappa shape index (κ2) is 8.19. The SMILES string of the molecule is CC1(C)O[C@H]2[C@@H]3OS(=O)(=O)O[C@@H]3CO[C@@]2(COS(=O)(=O)NC2CCCCCCC2)O1. The van der Waals surface area contributed by atoms with E-state index < -0.39 is 57.2 Å². The molecule has 3 aliphatic heterocycles. The van der Waals surface area contributed by atoms with Crippen molar-refractivity contribution in [3.05, 3.63) is 0 Å². The van der Waals surface area contributed by atoms with Crippen LogP contribution in [0.2, 0.25) is 0 Å². The highest BCUT2D eigenvalue weighted by Gasteiger charge is 2.66. The van der Waals surface area contributed by atoms with Crippen molar-refractivity contribution < 1.29 is 43.6 Å². The van der Waals surface area contributed by atoms with E-state index in [9.17, 15) is 16.8 Å². The van der Waals surface area contributed by atoms with Crippen LogP contribution in [-0.4, -0.2) is 66.0 Å². The quantitative estimate of drug-likeness (QED) is 0.615. The Bertz CT molecular complexity index is 837. The maximum absolute atomic E-state index is 12.6. The first-order chi connectivity index (χ1) is 14.0. The van der Waals surface area contributed by atoms with Crippen LogP contribution in [0.4, 0.5) is 0 Å². The summed E-state index contributed by atoms with van der Waals surface area (Å²) in [5, 5.41) is 0. The summed E-state index contributed by atoms with van der Waals surface area (Å²) in [6, 6.07) is -0.186. The fraction of sp³-hybridized carbons (Fsp3) is 1.00. The number of ether oxygens (including phenoxy) is 3. The third kappa shape index (κ3) is 4.99. The van der Waals surface area contributed by atoms with Gasteiger partial charge in [-0.1, -0.05) is 32.1 Å². The van der Waals surface area contributed by atoms with E-state index in [0.717, 1.165) is 38.5 Å². The molecule has 4 fully saturated rings. The summed E-state index contributed by atoms with van der Waals surface area (Å²) in [4.78, 5) is 0. The highest BCUT2D eigenvalue weighted by atomic mass is 32.3. The lowest BCUT2D eigenvalue weighted by Gasteiger charge is -2.39. The van der Waals surface area contributed by atoms with Crippen molar-refractivity contribution in [1.29, 1.82) is 0 Å². The van der Waals surface area contributed by atoms with E-state index in [4.69, 9.17) is 26.8 Å². The van der Waals surface area contributed by atoms with Crippen molar-refractivity contribution in [2.45, 2.75) is 94.7 Å². The standard InChI is InChI=1S/C17H29NO10S2/c1-16(2)25-15-14-13(26-30(21,22)27-14)10-23-17(15,28-16)11-24-29(19,20)18-12-8-6-4-3-5-7-9-12/h12-15,18H,3-11H2,1-2H3/t13-,14-,15+,17+/m1/s1. The molecule has 0 amide bonds. The Labute approximate surface area is 177 Å². The van der Waals surface area contributed by atoms with Crippen molar-refractivity contribution in [3.63, 3.8) is 0 Å². The van der Waals surface area contributed by atoms with Gasteiger partial charge in [0.2, 0.25) is 5.79 Å². The molecule has 1 saturated carbocycles. The summed E-state index contributed by atoms with van der Waals surface area (Å²) in [6.07, 6.45) is 3.79. The normalized spacial score (nSPS) is 39.1. The number of rotatable bonds is 5. The first-order valence-corrected chi connectivity index (χ1v) is 13.0. The molecule has 1 aliphatic carbocycles. The predicted octanol–water partition coefficient (Wildman–Crippen LogP) is 0.857. The van der Waals surface area contributed by atoms with Crippen LogP contribution in [0.25, 0.3) is 0 Å². The first kappa shape index (κ1) is 22.8. The third-order valence-electron chi connectivity index (χ3n) is 5.72. The van der Waals surface area contributed by atoms with Gasteiger partial charge < -0.3 is 14.2 Å². The largest absolute Gasteiger partial charge is 0.400 e. The first-order valence-electron chi connectivity index (χ1n) is 10.3. The molecule has 1 N–H and O–H groups in total. The van der Waals surface area contributed by atoms with Crippen LogP contribution >= 0.6 is 0 Å². The fourth-order valence-corrected chi connectivity index (χ4v) is 6.51. The molecule has 0 aromatic rings. The molecule has 11 nitrogen and oxygen atoms in total. The molecule has 0 spiro atoms. The lowest BCUT2D eigenvalue weighted by molar-refractivity contribution is -0.290. The van der Waals surface area contributed by atoms with E-state index in [1.807, 2.05) is 0 Å². The van der Waals surface area contributed by atoms with Gasteiger partial charge >= 0.3 is 20.7 Å². The number of nitrogens with one attached hydrogen (secondary N) is 1. The Kier molecular flexibility index (Phi) is 6.23. The molecular formula is C17H29NO10S2. The minimum Gasteiger partial charge on any atom is -0.343 e. The number of hydrogen-bond acceptors (Lipinski definition) is 10. The highest BCUT2D eigenvalue weighted by Crippen LogP contribution is 2.46. The molecule has 0 radical (unpaired) electrons. The van der Waals surface area contributed by atoms with E-state index in [1.54, 1.807) is 13.8 Å². The molecule has 13 heteroatoms. The van der Waals surface area contributed by atoms with Gasteiger partial charge in [0, 0.05) is 6.04 Å². The number of hydrogen-bond donors (Lipinski definition) is 1.